The van der Waals surface area contributed by atoms with Gasteiger partial charge in [-0.2, -0.15) is 8.78 Å². The number of hydrogen-bond donors (Lipinski definition) is 2. The van der Waals surface area contributed by atoms with Crippen LogP contribution in [0.5, 0.6) is 11.5 Å². The fraction of sp³-hybridized carbons (Fsp3) is 0.520. The Morgan fingerprint density at radius 1 is 1.24 bits per heavy atom. The summed E-state index contributed by atoms with van der Waals surface area (Å²) in [5, 5.41) is 9.26. The summed E-state index contributed by atoms with van der Waals surface area (Å²) in [6, 6.07) is 3.17. The smallest absolute Gasteiger partial charge is 0.387 e. The average molecular weight is 538 g/mol. The Morgan fingerprint density at radius 2 is 1.97 bits per heavy atom. The lowest BCUT2D eigenvalue weighted by molar-refractivity contribution is -0.177. The number of halogens is 2. The van der Waals surface area contributed by atoms with E-state index < -0.39 is 36.1 Å². The molecule has 2 fully saturated rings. The Hall–Kier alpha value is -3.74. The van der Waals surface area contributed by atoms with Gasteiger partial charge >= 0.3 is 18.6 Å². The number of ether oxygens (including phenoxy) is 3. The first-order chi connectivity index (χ1) is 18.0. The van der Waals surface area contributed by atoms with Crippen molar-refractivity contribution in [3.8, 4) is 23.0 Å². The molecule has 1 aliphatic carbocycles. The molecular weight excluding hydrogens is 508 g/mol. The number of nitrogens with zero attached hydrogens (tertiary/aromatic N) is 2. The van der Waals surface area contributed by atoms with Crippen LogP contribution in [0.4, 0.5) is 8.78 Å². The molecule has 1 saturated carbocycles. The van der Waals surface area contributed by atoms with E-state index in [0.717, 1.165) is 12.8 Å². The second-order valence-corrected chi connectivity index (χ2v) is 9.68. The predicted molar refractivity (Wildman–Crippen MR) is 127 cm³/mol. The van der Waals surface area contributed by atoms with Gasteiger partial charge < -0.3 is 34.4 Å². The molecule has 1 aromatic carbocycles. The van der Waals surface area contributed by atoms with E-state index in [-0.39, 0.29) is 48.4 Å². The maximum Gasteiger partial charge on any atom is 0.387 e. The lowest BCUT2D eigenvalue weighted by Gasteiger charge is -2.27. The van der Waals surface area contributed by atoms with Crippen LogP contribution < -0.4 is 15.2 Å². The van der Waals surface area contributed by atoms with E-state index in [9.17, 15) is 28.3 Å². The Morgan fingerprint density at radius 3 is 2.61 bits per heavy atom. The molecule has 13 heteroatoms. The fourth-order valence-electron chi connectivity index (χ4n) is 3.97. The number of aliphatic carboxylic acids is 1. The van der Waals surface area contributed by atoms with Crippen LogP contribution in [-0.2, 0) is 20.9 Å². The van der Waals surface area contributed by atoms with E-state index in [1.165, 1.54) is 36.9 Å². The minimum Gasteiger partial charge on any atom is -0.489 e. The number of benzene rings is 1. The monoisotopic (exact) mass is 537 g/mol. The summed E-state index contributed by atoms with van der Waals surface area (Å²) in [5.74, 6) is -2.44. The van der Waals surface area contributed by atoms with Crippen LogP contribution in [0.3, 0.4) is 0 Å². The van der Waals surface area contributed by atoms with Crippen molar-refractivity contribution in [1.29, 1.82) is 0 Å². The maximum absolute atomic E-state index is 13.4. The number of carboxylic acid groups (broad SMARTS) is 1. The third-order valence-electron chi connectivity index (χ3n) is 6.32. The quantitative estimate of drug-likeness (QED) is 0.408. The predicted octanol–water partition coefficient (Wildman–Crippen LogP) is 3.20. The minimum absolute atomic E-state index is 0.000923. The lowest BCUT2D eigenvalue weighted by Crippen LogP contribution is -2.46. The molecule has 0 radical (unpaired) electrons. The molecule has 1 aliphatic heterocycles. The van der Waals surface area contributed by atoms with E-state index >= 15 is 0 Å². The standard InChI is InChI=1S/C25H29F2N3O8/c1-25(2,23(33)34)38-22(32)15-4-3-9-30(15)21(31)19-18(11-28)36-20(29-19)14-7-8-16(37-24(26)27)17(10-14)35-12-13-5-6-13/h7-8,10,13,15,24H,3-6,9,11-12,28H2,1-2H3,(H,33,34). The summed E-state index contributed by atoms with van der Waals surface area (Å²) < 4.78 is 46.9. The number of nitrogens with two attached hydrogens (primary N) is 1. The summed E-state index contributed by atoms with van der Waals surface area (Å²) in [6.07, 6.45) is 2.77. The number of amides is 1. The highest BCUT2D eigenvalue weighted by molar-refractivity contribution is 5.97. The van der Waals surface area contributed by atoms with E-state index in [4.69, 9.17) is 19.6 Å². The molecule has 1 aromatic heterocycles. The van der Waals surface area contributed by atoms with Gasteiger partial charge in [0.1, 0.15) is 6.04 Å². The minimum atomic E-state index is -3.04. The molecule has 0 bridgehead atoms. The number of esters is 1. The average Bonchev–Trinajstić information content (AvgIpc) is 3.37. The number of likely N-dealkylation sites (tertiary alicyclic amines) is 1. The summed E-state index contributed by atoms with van der Waals surface area (Å²) in [7, 11) is 0. The Kier molecular flexibility index (Phi) is 7.86. The van der Waals surface area contributed by atoms with Crippen LogP contribution >= 0.6 is 0 Å². The van der Waals surface area contributed by atoms with Gasteiger partial charge in [0.15, 0.2) is 23.0 Å². The van der Waals surface area contributed by atoms with Crippen molar-refractivity contribution < 1.29 is 46.9 Å². The number of carboxylic acids is 1. The number of alkyl halides is 2. The van der Waals surface area contributed by atoms with Crippen molar-refractivity contribution in [1.82, 2.24) is 9.88 Å². The Bertz CT molecular complexity index is 1210. The second-order valence-electron chi connectivity index (χ2n) is 9.68. The van der Waals surface area contributed by atoms with Gasteiger partial charge in [-0.15, -0.1) is 0 Å². The van der Waals surface area contributed by atoms with Gasteiger partial charge in [0.2, 0.25) is 11.5 Å². The van der Waals surface area contributed by atoms with Crippen molar-refractivity contribution >= 4 is 17.8 Å². The number of hydrogen-bond acceptors (Lipinski definition) is 9. The van der Waals surface area contributed by atoms with E-state index in [1.807, 2.05) is 0 Å². The topological polar surface area (TPSA) is 154 Å². The highest BCUT2D eigenvalue weighted by atomic mass is 19.3. The van der Waals surface area contributed by atoms with Crippen LogP contribution in [0.25, 0.3) is 11.5 Å². The zero-order chi connectivity index (χ0) is 27.6. The SMILES string of the molecule is CC(C)(OC(=O)C1CCCN1C(=O)c1nc(-c2ccc(OC(F)F)c(OCC3CC3)c2)oc1CN)C(=O)O. The first kappa shape index (κ1) is 27.3. The van der Waals surface area contributed by atoms with Crippen LogP contribution in [0.15, 0.2) is 22.6 Å². The molecule has 1 amide bonds. The summed E-state index contributed by atoms with van der Waals surface area (Å²) in [6.45, 7) is -0.175. The Labute approximate surface area is 216 Å². The fourth-order valence-corrected chi connectivity index (χ4v) is 3.97. The molecular formula is C25H29F2N3O8. The molecule has 11 nitrogen and oxygen atoms in total. The number of rotatable bonds is 11. The molecule has 1 atom stereocenters. The molecule has 38 heavy (non-hydrogen) atoms. The van der Waals surface area contributed by atoms with Crippen LogP contribution in [0.2, 0.25) is 0 Å². The molecule has 4 rings (SSSR count). The van der Waals surface area contributed by atoms with Crippen LogP contribution in [0, 0.1) is 5.92 Å². The molecule has 3 N–H and O–H groups in total. The molecule has 2 aliphatic rings. The molecule has 0 spiro atoms. The van der Waals surface area contributed by atoms with Crippen molar-refractivity contribution in [2.75, 3.05) is 13.2 Å². The van der Waals surface area contributed by atoms with Gasteiger partial charge in [0.25, 0.3) is 5.91 Å². The number of oxazole rings is 1. The van der Waals surface area contributed by atoms with E-state index in [2.05, 4.69) is 9.72 Å². The van der Waals surface area contributed by atoms with Crippen molar-refractivity contribution in [3.05, 3.63) is 29.7 Å². The highest BCUT2D eigenvalue weighted by Crippen LogP contribution is 2.37. The lowest BCUT2D eigenvalue weighted by atomic mass is 10.1. The summed E-state index contributed by atoms with van der Waals surface area (Å²) in [4.78, 5) is 43.0. The Balaban J connectivity index is 1.58. The van der Waals surface area contributed by atoms with Gasteiger partial charge in [0, 0.05) is 12.1 Å². The zero-order valence-electron chi connectivity index (χ0n) is 20.9. The zero-order valence-corrected chi connectivity index (χ0v) is 20.9. The van der Waals surface area contributed by atoms with Crippen LogP contribution in [-0.4, -0.2) is 64.2 Å². The van der Waals surface area contributed by atoms with Gasteiger partial charge in [-0.1, -0.05) is 0 Å². The summed E-state index contributed by atoms with van der Waals surface area (Å²) in [5.41, 5.74) is 4.25. The summed E-state index contributed by atoms with van der Waals surface area (Å²) >= 11 is 0. The second kappa shape index (κ2) is 10.9. The largest absolute Gasteiger partial charge is 0.489 e. The third kappa shape index (κ3) is 6.04. The molecule has 2 aromatic rings. The molecule has 1 saturated heterocycles. The maximum atomic E-state index is 13.4. The van der Waals surface area contributed by atoms with Gasteiger partial charge in [-0.05, 0) is 63.6 Å². The first-order valence-electron chi connectivity index (χ1n) is 12.2. The van der Waals surface area contributed by atoms with Crippen molar-refractivity contribution in [2.24, 2.45) is 11.7 Å². The third-order valence-corrected chi connectivity index (χ3v) is 6.32. The number of aromatic nitrogens is 1. The van der Waals surface area contributed by atoms with Crippen LogP contribution in [0.1, 0.15) is 55.8 Å². The highest BCUT2D eigenvalue weighted by Gasteiger charge is 2.41. The first-order valence-corrected chi connectivity index (χ1v) is 12.2. The normalized spacial score (nSPS) is 17.5. The molecule has 206 valence electrons. The van der Waals surface area contributed by atoms with Crippen molar-refractivity contribution in [2.45, 2.75) is 64.3 Å². The van der Waals surface area contributed by atoms with Crippen molar-refractivity contribution in [3.63, 3.8) is 0 Å². The number of carbonyl (C=O) groups excluding carboxylic acids is 2. The molecule has 2 heterocycles. The number of carbonyl (C=O) groups is 3. The van der Waals surface area contributed by atoms with E-state index in [0.29, 0.717) is 24.5 Å². The van der Waals surface area contributed by atoms with E-state index in [1.54, 1.807) is 0 Å². The molecule has 1 unspecified atom stereocenters. The van der Waals surface area contributed by atoms with Gasteiger partial charge in [-0.25, -0.2) is 14.6 Å². The van der Waals surface area contributed by atoms with Gasteiger partial charge in [-0.3, -0.25) is 4.79 Å². The van der Waals surface area contributed by atoms with Gasteiger partial charge in [0.05, 0.1) is 13.2 Å².